The van der Waals surface area contributed by atoms with Crippen molar-refractivity contribution in [3.8, 4) is 0 Å². The molecule has 2 aliphatic heterocycles. The Morgan fingerprint density at radius 3 is 2.56 bits per heavy atom. The number of rotatable bonds is 3. The van der Waals surface area contributed by atoms with E-state index in [0.29, 0.717) is 0 Å². The summed E-state index contributed by atoms with van der Waals surface area (Å²) >= 11 is 2.04. The molecule has 2 atom stereocenters. The van der Waals surface area contributed by atoms with E-state index in [-0.39, 0.29) is 6.04 Å². The van der Waals surface area contributed by atoms with Gasteiger partial charge < -0.3 is 5.11 Å². The summed E-state index contributed by atoms with van der Waals surface area (Å²) in [6.45, 7) is 5.64. The molecule has 2 fully saturated rings. The molecule has 1 N–H and O–H groups in total. The summed E-state index contributed by atoms with van der Waals surface area (Å²) in [5.74, 6) is 1.84. The first kappa shape index (κ1) is 12.2. The summed E-state index contributed by atoms with van der Waals surface area (Å²) in [6.07, 6.45) is 1.30. The molecule has 0 bridgehead atoms. The van der Waals surface area contributed by atoms with Gasteiger partial charge in [0.1, 0.15) is 6.04 Å². The number of hydrogen-bond donors (Lipinski definition) is 1. The minimum Gasteiger partial charge on any atom is -0.480 e. The van der Waals surface area contributed by atoms with Gasteiger partial charge in [0.15, 0.2) is 0 Å². The Morgan fingerprint density at radius 1 is 1.38 bits per heavy atom. The maximum Gasteiger partial charge on any atom is 0.320 e. The van der Waals surface area contributed by atoms with Crippen LogP contribution < -0.4 is 0 Å². The molecule has 2 aliphatic rings. The summed E-state index contributed by atoms with van der Waals surface area (Å²) in [4.78, 5) is 15.5. The van der Waals surface area contributed by atoms with Gasteiger partial charge in [0, 0.05) is 38.0 Å². The van der Waals surface area contributed by atoms with E-state index in [0.717, 1.165) is 32.2 Å². The maximum atomic E-state index is 10.9. The normalized spacial score (nSPS) is 30.4. The Balaban J connectivity index is 1.79. The van der Waals surface area contributed by atoms with Crippen molar-refractivity contribution in [1.82, 2.24) is 9.80 Å². The van der Waals surface area contributed by atoms with Gasteiger partial charge in [-0.15, -0.1) is 0 Å². The lowest BCUT2D eigenvalue weighted by atomic mass is 10.1. The molecular weight excluding hydrogens is 224 g/mol. The summed E-state index contributed by atoms with van der Waals surface area (Å²) in [5, 5.41) is 8.95. The van der Waals surface area contributed by atoms with Crippen molar-refractivity contribution in [2.75, 3.05) is 37.7 Å². The van der Waals surface area contributed by atoms with Gasteiger partial charge >= 0.3 is 5.97 Å². The Kier molecular flexibility index (Phi) is 4.10. The quantitative estimate of drug-likeness (QED) is 0.787. The van der Waals surface area contributed by atoms with E-state index in [4.69, 9.17) is 5.11 Å². The molecule has 2 rings (SSSR count). The number of thioether (sulfide) groups is 1. The topological polar surface area (TPSA) is 43.8 Å². The fourth-order valence-corrected chi connectivity index (χ4v) is 3.71. The lowest BCUT2D eigenvalue weighted by Crippen LogP contribution is -2.54. The highest BCUT2D eigenvalue weighted by Crippen LogP contribution is 2.23. The molecule has 92 valence electrons. The van der Waals surface area contributed by atoms with Gasteiger partial charge in [-0.25, -0.2) is 0 Å². The van der Waals surface area contributed by atoms with Crippen molar-refractivity contribution < 1.29 is 9.90 Å². The molecule has 2 unspecified atom stereocenters. The summed E-state index contributed by atoms with van der Waals surface area (Å²) in [7, 11) is 0. The zero-order valence-electron chi connectivity index (χ0n) is 9.76. The monoisotopic (exact) mass is 244 g/mol. The van der Waals surface area contributed by atoms with E-state index in [1.54, 1.807) is 6.92 Å². The van der Waals surface area contributed by atoms with Crippen LogP contribution >= 0.6 is 11.8 Å². The zero-order chi connectivity index (χ0) is 11.5. The highest BCUT2D eigenvalue weighted by molar-refractivity contribution is 7.99. The van der Waals surface area contributed by atoms with Crippen LogP contribution in [0.4, 0.5) is 0 Å². The molecular formula is C11H20N2O2S. The standard InChI is InChI=1S/C11H20N2O2S/c1-9(11(14)15)12-3-5-13(6-4-12)10-2-7-16-8-10/h9-10H,2-8H2,1H3,(H,14,15). The van der Waals surface area contributed by atoms with Gasteiger partial charge in [-0.05, 0) is 19.1 Å². The van der Waals surface area contributed by atoms with Gasteiger partial charge in [-0.2, -0.15) is 11.8 Å². The van der Waals surface area contributed by atoms with Crippen LogP contribution in [-0.4, -0.2) is 70.6 Å². The average molecular weight is 244 g/mol. The minimum absolute atomic E-state index is 0.333. The van der Waals surface area contributed by atoms with Crippen LogP contribution in [0, 0.1) is 0 Å². The van der Waals surface area contributed by atoms with Crippen molar-refractivity contribution in [2.45, 2.75) is 25.4 Å². The molecule has 4 nitrogen and oxygen atoms in total. The van der Waals surface area contributed by atoms with Crippen LogP contribution in [-0.2, 0) is 4.79 Å². The smallest absolute Gasteiger partial charge is 0.320 e. The van der Waals surface area contributed by atoms with Gasteiger partial charge in [0.25, 0.3) is 0 Å². The number of hydrogen-bond acceptors (Lipinski definition) is 4. The first-order valence-corrected chi connectivity index (χ1v) is 7.12. The first-order chi connectivity index (χ1) is 7.68. The SMILES string of the molecule is CC(C(=O)O)N1CCN(C2CCSC2)CC1. The second-order valence-corrected chi connectivity index (χ2v) is 5.75. The highest BCUT2D eigenvalue weighted by atomic mass is 32.2. The summed E-state index contributed by atoms with van der Waals surface area (Å²) in [5.41, 5.74) is 0. The van der Waals surface area contributed by atoms with E-state index in [1.807, 2.05) is 11.8 Å². The van der Waals surface area contributed by atoms with Crippen molar-refractivity contribution in [3.05, 3.63) is 0 Å². The van der Waals surface area contributed by atoms with Crippen LogP contribution in [0.2, 0.25) is 0 Å². The maximum absolute atomic E-state index is 10.9. The molecule has 0 aromatic carbocycles. The molecule has 0 spiro atoms. The lowest BCUT2D eigenvalue weighted by Gasteiger charge is -2.39. The predicted molar refractivity (Wildman–Crippen MR) is 66.0 cm³/mol. The fraction of sp³-hybridized carbons (Fsp3) is 0.909. The Labute approximate surface area is 101 Å². The Bertz CT molecular complexity index is 248. The third kappa shape index (κ3) is 2.70. The molecule has 0 amide bonds. The van der Waals surface area contributed by atoms with Gasteiger partial charge in [0.05, 0.1) is 0 Å². The van der Waals surface area contributed by atoms with Crippen LogP contribution in [0.1, 0.15) is 13.3 Å². The van der Waals surface area contributed by atoms with Crippen molar-refractivity contribution in [2.24, 2.45) is 0 Å². The second kappa shape index (κ2) is 5.38. The van der Waals surface area contributed by atoms with E-state index in [1.165, 1.54) is 17.9 Å². The molecule has 0 radical (unpaired) electrons. The largest absolute Gasteiger partial charge is 0.480 e. The number of carboxylic acids is 1. The minimum atomic E-state index is -0.704. The number of nitrogens with zero attached hydrogens (tertiary/aromatic N) is 2. The van der Waals surface area contributed by atoms with Crippen molar-refractivity contribution in [3.63, 3.8) is 0 Å². The Hall–Kier alpha value is -0.260. The number of aliphatic carboxylic acids is 1. The van der Waals surface area contributed by atoms with Gasteiger partial charge in [-0.1, -0.05) is 0 Å². The molecule has 0 aromatic heterocycles. The fourth-order valence-electron chi connectivity index (χ4n) is 2.46. The summed E-state index contributed by atoms with van der Waals surface area (Å²) < 4.78 is 0. The number of piperazine rings is 1. The third-order valence-corrected chi connectivity index (χ3v) is 4.82. The van der Waals surface area contributed by atoms with E-state index in [9.17, 15) is 4.79 Å². The second-order valence-electron chi connectivity index (χ2n) is 4.60. The number of carbonyl (C=O) groups is 1. The average Bonchev–Trinajstić information content (AvgIpc) is 2.81. The van der Waals surface area contributed by atoms with Crippen molar-refractivity contribution >= 4 is 17.7 Å². The molecule has 0 aromatic rings. The molecule has 5 heteroatoms. The number of carboxylic acid groups (broad SMARTS) is 1. The molecule has 2 saturated heterocycles. The first-order valence-electron chi connectivity index (χ1n) is 5.97. The van der Waals surface area contributed by atoms with E-state index >= 15 is 0 Å². The van der Waals surface area contributed by atoms with Gasteiger partial charge in [-0.3, -0.25) is 14.6 Å². The van der Waals surface area contributed by atoms with Crippen molar-refractivity contribution in [1.29, 1.82) is 0 Å². The van der Waals surface area contributed by atoms with Crippen LogP contribution in [0.25, 0.3) is 0 Å². The zero-order valence-corrected chi connectivity index (χ0v) is 10.6. The molecule has 0 saturated carbocycles. The third-order valence-electron chi connectivity index (χ3n) is 3.68. The van der Waals surface area contributed by atoms with Gasteiger partial charge in [0.2, 0.25) is 0 Å². The Morgan fingerprint density at radius 2 is 2.06 bits per heavy atom. The molecule has 0 aliphatic carbocycles. The summed E-state index contributed by atoms with van der Waals surface area (Å²) in [6, 6.07) is 0.410. The van der Waals surface area contributed by atoms with E-state index in [2.05, 4.69) is 9.80 Å². The van der Waals surface area contributed by atoms with Crippen LogP contribution in [0.3, 0.4) is 0 Å². The highest BCUT2D eigenvalue weighted by Gasteiger charge is 2.29. The van der Waals surface area contributed by atoms with Crippen LogP contribution in [0.5, 0.6) is 0 Å². The predicted octanol–water partition coefficient (Wildman–Crippen LogP) is 0.583. The molecule has 2 heterocycles. The lowest BCUT2D eigenvalue weighted by molar-refractivity contribution is -0.143. The van der Waals surface area contributed by atoms with Crippen LogP contribution in [0.15, 0.2) is 0 Å². The molecule has 16 heavy (non-hydrogen) atoms. The van der Waals surface area contributed by atoms with E-state index < -0.39 is 5.97 Å².